The van der Waals surface area contributed by atoms with Crippen molar-refractivity contribution >= 4 is 43.3 Å². The molecule has 0 bridgehead atoms. The highest BCUT2D eigenvalue weighted by atomic mass is 35.5. The van der Waals surface area contributed by atoms with Crippen LogP contribution in [0.2, 0.25) is 10.0 Å². The molecule has 1 aromatic heterocycles. The molecule has 0 unspecified atom stereocenters. The number of nitrogens with zero attached hydrogens (tertiary/aromatic N) is 2. The lowest BCUT2D eigenvalue weighted by molar-refractivity contribution is 0.179. The van der Waals surface area contributed by atoms with E-state index in [0.717, 1.165) is 15.6 Å². The first-order valence-corrected chi connectivity index (χ1v) is 15.2. The van der Waals surface area contributed by atoms with Gasteiger partial charge in [0.25, 0.3) is 0 Å². The maximum absolute atomic E-state index is 9.86. The Hall–Kier alpha value is -0.810. The van der Waals surface area contributed by atoms with Gasteiger partial charge in [0, 0.05) is 14.9 Å². The number of ether oxygens (including phenoxy) is 1. The van der Waals surface area contributed by atoms with Crippen molar-refractivity contribution in [3.8, 4) is 11.8 Å². The van der Waals surface area contributed by atoms with Crippen molar-refractivity contribution in [1.29, 1.82) is 0 Å². The first-order chi connectivity index (χ1) is 17.4. The minimum Gasteiger partial charge on any atom is -0.388 e. The summed E-state index contributed by atoms with van der Waals surface area (Å²) in [4.78, 5) is 5.54. The third-order valence-electron chi connectivity index (χ3n) is 4.04. The van der Waals surface area contributed by atoms with Crippen molar-refractivity contribution in [3.05, 3.63) is 39.8 Å². The zero-order valence-corrected chi connectivity index (χ0v) is 26.0. The molecule has 2 rings (SSSR count). The van der Waals surface area contributed by atoms with Crippen LogP contribution in [-0.4, -0.2) is 40.8 Å². The van der Waals surface area contributed by atoms with Crippen molar-refractivity contribution in [2.24, 2.45) is 0 Å². The van der Waals surface area contributed by atoms with Crippen molar-refractivity contribution < 1.29 is 18.9 Å². The minimum absolute atomic E-state index is 0.173. The van der Waals surface area contributed by atoms with Crippen molar-refractivity contribution in [2.45, 2.75) is 84.4 Å². The highest BCUT2D eigenvalue weighted by molar-refractivity contribution is 7.99. The van der Waals surface area contributed by atoms with Gasteiger partial charge in [-0.05, 0) is 38.0 Å². The fourth-order valence-corrected chi connectivity index (χ4v) is 5.68. The maximum Gasteiger partial charge on any atom is 0.198 e. The van der Waals surface area contributed by atoms with Crippen LogP contribution in [-0.2, 0) is 26.9 Å². The lowest BCUT2D eigenvalue weighted by atomic mass is 10.1. The van der Waals surface area contributed by atoms with Crippen LogP contribution in [0.15, 0.2) is 28.1 Å². The summed E-state index contributed by atoms with van der Waals surface area (Å²) in [5, 5.41) is 11.9. The van der Waals surface area contributed by atoms with Gasteiger partial charge in [-0.15, -0.1) is 0 Å². The summed E-state index contributed by atoms with van der Waals surface area (Å²) in [6.07, 6.45) is 0.382. The van der Waals surface area contributed by atoms with Crippen molar-refractivity contribution in [2.75, 3.05) is 26.2 Å². The molecule has 0 aliphatic rings. The number of aliphatic hydroxyl groups excluding tert-OH is 1. The first kappa shape index (κ1) is 35.2. The Morgan fingerprint density at radius 2 is 1.61 bits per heavy atom. The second-order valence-electron chi connectivity index (χ2n) is 6.82. The molecule has 204 valence electrons. The minimum atomic E-state index is -1.04. The topological polar surface area (TPSA) is 65.7 Å². The molecule has 36 heavy (non-hydrogen) atoms. The number of rotatable bonds is 12. The van der Waals surface area contributed by atoms with Gasteiger partial charge < -0.3 is 23.5 Å². The van der Waals surface area contributed by atoms with Crippen molar-refractivity contribution in [1.82, 2.24) is 9.55 Å². The van der Waals surface area contributed by atoms with E-state index in [0.29, 0.717) is 42.0 Å². The van der Waals surface area contributed by atoms with Crippen LogP contribution in [0.25, 0.3) is 0 Å². The molecule has 0 radical (unpaired) electrons. The van der Waals surface area contributed by atoms with Gasteiger partial charge in [0.1, 0.15) is 30.4 Å². The van der Waals surface area contributed by atoms with Gasteiger partial charge >= 0.3 is 0 Å². The van der Waals surface area contributed by atoms with Crippen LogP contribution in [0, 0.1) is 11.8 Å². The van der Waals surface area contributed by atoms with E-state index in [1.807, 2.05) is 58.2 Å². The molecule has 0 saturated heterocycles. The molecular weight excluding hydrogens is 538 g/mol. The molecule has 0 aliphatic heterocycles. The zero-order chi connectivity index (χ0) is 27.5. The van der Waals surface area contributed by atoms with E-state index in [1.54, 1.807) is 6.07 Å². The number of imidazole rings is 1. The highest BCUT2D eigenvalue weighted by Gasteiger charge is 2.20. The Kier molecular flexibility index (Phi) is 20.7. The van der Waals surface area contributed by atoms with Crippen LogP contribution in [0.1, 0.15) is 72.8 Å². The summed E-state index contributed by atoms with van der Waals surface area (Å²) in [5.74, 6) is 6.87. The van der Waals surface area contributed by atoms with E-state index in [9.17, 15) is 5.11 Å². The van der Waals surface area contributed by atoms with Crippen LogP contribution >= 0.6 is 43.3 Å². The van der Waals surface area contributed by atoms with Crippen LogP contribution < -0.4 is 0 Å². The summed E-state index contributed by atoms with van der Waals surface area (Å²) in [5.41, 5.74) is 0.896. The summed E-state index contributed by atoms with van der Waals surface area (Å²) < 4.78 is 18.5. The van der Waals surface area contributed by atoms with Crippen molar-refractivity contribution in [3.63, 3.8) is 0 Å². The number of hydrogen-bond donors (Lipinski definition) is 1. The second kappa shape index (κ2) is 21.2. The van der Waals surface area contributed by atoms with Gasteiger partial charge in [-0.25, -0.2) is 4.98 Å². The Bertz CT molecular complexity index is 906. The molecule has 0 atom stereocenters. The molecule has 1 N–H and O–H groups in total. The molecule has 6 nitrogen and oxygen atoms in total. The third kappa shape index (κ3) is 12.6. The number of benzene rings is 1. The molecule has 0 spiro atoms. The van der Waals surface area contributed by atoms with Gasteiger partial charge in [-0.1, -0.05) is 88.3 Å². The number of aliphatic hydroxyl groups is 1. The SMILES string of the molecule is CC.CC.CCOP(COCC#CCn1c(CO)nc(C(C)C)c1Sc1cc(Cl)cc(Cl)c1)OCC. The van der Waals surface area contributed by atoms with E-state index in [2.05, 4.69) is 30.7 Å². The zero-order valence-electron chi connectivity index (χ0n) is 22.7. The number of halogens is 2. The molecular formula is C26H41Cl2N2O4PS. The van der Waals surface area contributed by atoms with Gasteiger partial charge in [-0.3, -0.25) is 0 Å². The van der Waals surface area contributed by atoms with Gasteiger partial charge in [-0.2, -0.15) is 0 Å². The summed E-state index contributed by atoms with van der Waals surface area (Å²) in [6, 6.07) is 5.40. The third-order valence-corrected chi connectivity index (χ3v) is 7.06. The van der Waals surface area contributed by atoms with Crippen LogP contribution in [0.5, 0.6) is 0 Å². The molecule has 2 aromatic rings. The standard InChI is InChI=1S/C22H29Cl2N2O4PS.2C2H6/c1-5-29-31(30-6-2)15-28-10-8-7-9-26-20(14-27)25-21(16(3)4)22(26)32-19-12-17(23)11-18(24)13-19;2*1-2/h11-13,16,27H,5-6,9-10,14-15H2,1-4H3;2*1-2H3. The highest BCUT2D eigenvalue weighted by Crippen LogP contribution is 2.38. The number of aromatic nitrogens is 2. The summed E-state index contributed by atoms with van der Waals surface area (Å²) in [7, 11) is -1.04. The average Bonchev–Trinajstić information content (AvgIpc) is 3.20. The number of hydrogen-bond acceptors (Lipinski definition) is 6. The smallest absolute Gasteiger partial charge is 0.198 e. The Morgan fingerprint density at radius 1 is 1.03 bits per heavy atom. The Balaban J connectivity index is 0.00000291. The van der Waals surface area contributed by atoms with E-state index in [-0.39, 0.29) is 19.1 Å². The fourth-order valence-electron chi connectivity index (χ4n) is 2.73. The van der Waals surface area contributed by atoms with Gasteiger partial charge in [0.05, 0.1) is 25.5 Å². The fraction of sp³-hybridized carbons (Fsp3) is 0.577. The van der Waals surface area contributed by atoms with Crippen LogP contribution in [0.3, 0.4) is 0 Å². The second-order valence-corrected chi connectivity index (χ2v) is 10.2. The molecule has 1 heterocycles. The van der Waals surface area contributed by atoms with E-state index in [4.69, 9.17) is 37.0 Å². The van der Waals surface area contributed by atoms with Gasteiger partial charge in [0.15, 0.2) is 8.38 Å². The largest absolute Gasteiger partial charge is 0.388 e. The lowest BCUT2D eigenvalue weighted by Crippen LogP contribution is -2.05. The lowest BCUT2D eigenvalue weighted by Gasteiger charge is -2.14. The van der Waals surface area contributed by atoms with Gasteiger partial charge in [0.2, 0.25) is 0 Å². The molecule has 0 aliphatic carbocycles. The molecule has 1 aromatic carbocycles. The normalized spacial score (nSPS) is 10.4. The predicted molar refractivity (Wildman–Crippen MR) is 154 cm³/mol. The first-order valence-electron chi connectivity index (χ1n) is 12.3. The maximum atomic E-state index is 9.86. The average molecular weight is 580 g/mol. The molecule has 0 amide bonds. The monoisotopic (exact) mass is 578 g/mol. The van der Waals surface area contributed by atoms with Crippen LogP contribution in [0.4, 0.5) is 0 Å². The molecule has 0 saturated carbocycles. The molecule has 10 heteroatoms. The summed E-state index contributed by atoms with van der Waals surface area (Å²) >= 11 is 13.9. The Labute approximate surface area is 233 Å². The predicted octanol–water partition coefficient (Wildman–Crippen LogP) is 8.37. The quantitative estimate of drug-likeness (QED) is 0.155. The molecule has 0 fully saturated rings. The van der Waals surface area contributed by atoms with E-state index < -0.39 is 8.38 Å². The Morgan fingerprint density at radius 3 is 2.11 bits per heavy atom. The summed E-state index contributed by atoms with van der Waals surface area (Å²) in [6.45, 7) is 17.6. The van der Waals surface area contributed by atoms with E-state index >= 15 is 0 Å². The van der Waals surface area contributed by atoms with E-state index in [1.165, 1.54) is 11.8 Å².